The third-order valence-corrected chi connectivity index (χ3v) is 6.00. The van der Waals surface area contributed by atoms with Crippen molar-refractivity contribution >= 4 is 0 Å². The Kier molecular flexibility index (Phi) is 4.21. The average molecular weight is 326 g/mol. The van der Waals surface area contributed by atoms with Crippen molar-refractivity contribution in [3.8, 4) is 11.1 Å². The molecular weight excluding hydrogens is 300 g/mol. The van der Waals surface area contributed by atoms with Gasteiger partial charge in [-0.3, -0.25) is 0 Å². The highest BCUT2D eigenvalue weighted by Gasteiger charge is 2.15. The SMILES string of the molecule is Cc1cc2c(C)c(c1C)CCc1ccccc1-c1ccccc1CC2. The van der Waals surface area contributed by atoms with Gasteiger partial charge in [0, 0.05) is 0 Å². The van der Waals surface area contributed by atoms with Gasteiger partial charge in [0.05, 0.1) is 0 Å². The van der Waals surface area contributed by atoms with Crippen molar-refractivity contribution in [1.82, 2.24) is 0 Å². The van der Waals surface area contributed by atoms with Gasteiger partial charge in [-0.15, -0.1) is 0 Å². The molecule has 1 aliphatic carbocycles. The van der Waals surface area contributed by atoms with E-state index in [1.165, 1.54) is 44.5 Å². The minimum atomic E-state index is 1.10. The van der Waals surface area contributed by atoms with Gasteiger partial charge in [-0.25, -0.2) is 0 Å². The van der Waals surface area contributed by atoms with Crippen LogP contribution in [0.5, 0.6) is 0 Å². The van der Waals surface area contributed by atoms with E-state index in [4.69, 9.17) is 0 Å². The molecule has 25 heavy (non-hydrogen) atoms. The minimum absolute atomic E-state index is 1.10. The summed E-state index contributed by atoms with van der Waals surface area (Å²) in [5.74, 6) is 0. The molecule has 0 aliphatic heterocycles. The van der Waals surface area contributed by atoms with Gasteiger partial charge in [-0.2, -0.15) is 0 Å². The lowest BCUT2D eigenvalue weighted by Crippen LogP contribution is -2.04. The van der Waals surface area contributed by atoms with Crippen LogP contribution in [0.3, 0.4) is 0 Å². The number of hydrogen-bond acceptors (Lipinski definition) is 0. The Morgan fingerprint density at radius 2 is 1.08 bits per heavy atom. The Morgan fingerprint density at radius 3 is 1.72 bits per heavy atom. The Balaban J connectivity index is 1.92. The summed E-state index contributed by atoms with van der Waals surface area (Å²) in [7, 11) is 0. The molecule has 0 amide bonds. The first-order valence-electron chi connectivity index (χ1n) is 9.40. The van der Waals surface area contributed by atoms with Crippen LogP contribution < -0.4 is 0 Å². The van der Waals surface area contributed by atoms with Crippen molar-refractivity contribution in [2.24, 2.45) is 0 Å². The molecule has 0 saturated carbocycles. The quantitative estimate of drug-likeness (QED) is 0.464. The van der Waals surface area contributed by atoms with Crippen molar-refractivity contribution in [1.29, 1.82) is 0 Å². The minimum Gasteiger partial charge on any atom is -0.0620 e. The Bertz CT molecular complexity index is 931. The van der Waals surface area contributed by atoms with Gasteiger partial charge in [0.15, 0.2) is 0 Å². The largest absolute Gasteiger partial charge is 0.0620 e. The second-order valence-electron chi connectivity index (χ2n) is 7.40. The highest BCUT2D eigenvalue weighted by Crippen LogP contribution is 2.32. The van der Waals surface area contributed by atoms with Crippen molar-refractivity contribution < 1.29 is 0 Å². The fourth-order valence-electron chi connectivity index (χ4n) is 4.36. The van der Waals surface area contributed by atoms with Crippen molar-refractivity contribution in [3.05, 3.63) is 93.5 Å². The molecule has 0 nitrogen and oxygen atoms in total. The zero-order valence-corrected chi connectivity index (χ0v) is 15.5. The van der Waals surface area contributed by atoms with Crippen LogP contribution in [0.1, 0.15) is 38.9 Å². The molecule has 3 aromatic carbocycles. The highest BCUT2D eigenvalue weighted by molar-refractivity contribution is 5.71. The van der Waals surface area contributed by atoms with Crippen molar-refractivity contribution in [3.63, 3.8) is 0 Å². The lowest BCUT2D eigenvalue weighted by Gasteiger charge is -2.17. The second-order valence-corrected chi connectivity index (χ2v) is 7.40. The Hall–Kier alpha value is -2.34. The standard InChI is InChI=1S/C25H26/c1-17-16-22-13-12-20-8-4-6-10-24(20)25-11-7-5-9-21(25)14-15-23(18(17)2)19(22)3/h4-11,16H,12-15H2,1-3H3. The summed E-state index contributed by atoms with van der Waals surface area (Å²) in [4.78, 5) is 0. The van der Waals surface area contributed by atoms with Crippen LogP contribution >= 0.6 is 0 Å². The van der Waals surface area contributed by atoms with Crippen LogP contribution in [0, 0.1) is 20.8 Å². The van der Waals surface area contributed by atoms with E-state index in [-0.39, 0.29) is 0 Å². The first kappa shape index (κ1) is 16.1. The van der Waals surface area contributed by atoms with E-state index in [9.17, 15) is 0 Å². The molecule has 0 fully saturated rings. The van der Waals surface area contributed by atoms with Gasteiger partial charge in [0.1, 0.15) is 0 Å². The number of aryl methyl sites for hydroxylation is 4. The maximum atomic E-state index is 2.42. The van der Waals surface area contributed by atoms with Crippen molar-refractivity contribution in [2.75, 3.05) is 0 Å². The Labute approximate surface area is 151 Å². The molecule has 3 aromatic rings. The topological polar surface area (TPSA) is 0 Å². The second kappa shape index (κ2) is 6.52. The van der Waals surface area contributed by atoms with E-state index in [1.807, 2.05) is 0 Å². The highest BCUT2D eigenvalue weighted by atomic mass is 14.2. The van der Waals surface area contributed by atoms with E-state index < -0.39 is 0 Å². The average Bonchev–Trinajstić information content (AvgIpc) is 2.65. The molecule has 0 spiro atoms. The number of fused-ring (bicyclic) bond motifs is 5. The smallest absolute Gasteiger partial charge is 0.0149 e. The van der Waals surface area contributed by atoms with Crippen LogP contribution in [0.15, 0.2) is 54.6 Å². The maximum absolute atomic E-state index is 2.42. The Morgan fingerprint density at radius 1 is 0.560 bits per heavy atom. The van der Waals surface area contributed by atoms with Gasteiger partial charge in [0.25, 0.3) is 0 Å². The van der Waals surface area contributed by atoms with Gasteiger partial charge in [0.2, 0.25) is 0 Å². The van der Waals surface area contributed by atoms with E-state index in [2.05, 4.69) is 75.4 Å². The van der Waals surface area contributed by atoms with Crippen LogP contribution in [0.2, 0.25) is 0 Å². The van der Waals surface area contributed by atoms with Crippen LogP contribution in [0.25, 0.3) is 11.1 Å². The van der Waals surface area contributed by atoms with Crippen LogP contribution in [-0.4, -0.2) is 0 Å². The third-order valence-electron chi connectivity index (χ3n) is 6.00. The normalized spacial score (nSPS) is 13.6. The molecule has 0 N–H and O–H groups in total. The van der Waals surface area contributed by atoms with Gasteiger partial charge >= 0.3 is 0 Å². The summed E-state index contributed by atoms with van der Waals surface area (Å²) in [6, 6.07) is 20.3. The molecule has 126 valence electrons. The number of benzene rings is 3. The summed E-state index contributed by atoms with van der Waals surface area (Å²) in [5, 5.41) is 0. The summed E-state index contributed by atoms with van der Waals surface area (Å²) in [6.07, 6.45) is 4.47. The first-order chi connectivity index (χ1) is 12.1. The van der Waals surface area contributed by atoms with Gasteiger partial charge in [-0.1, -0.05) is 54.6 Å². The van der Waals surface area contributed by atoms with Crippen molar-refractivity contribution in [2.45, 2.75) is 46.5 Å². The zero-order chi connectivity index (χ0) is 17.4. The van der Waals surface area contributed by atoms with Crippen LogP contribution in [0.4, 0.5) is 0 Å². The predicted octanol–water partition coefficient (Wildman–Crippen LogP) is 6.16. The summed E-state index contributed by atoms with van der Waals surface area (Å²) < 4.78 is 0. The molecule has 0 heteroatoms. The third kappa shape index (κ3) is 2.91. The van der Waals surface area contributed by atoms with Gasteiger partial charge in [-0.05, 0) is 96.5 Å². The zero-order valence-electron chi connectivity index (χ0n) is 15.5. The maximum Gasteiger partial charge on any atom is -0.0149 e. The van der Waals surface area contributed by atoms with Gasteiger partial charge < -0.3 is 0 Å². The predicted molar refractivity (Wildman–Crippen MR) is 107 cm³/mol. The summed E-state index contributed by atoms with van der Waals surface area (Å²) in [6.45, 7) is 6.89. The van der Waals surface area contributed by atoms with E-state index in [0.717, 1.165) is 25.7 Å². The molecule has 0 atom stereocenters. The number of rotatable bonds is 0. The molecule has 2 bridgehead atoms. The molecule has 0 unspecified atom stereocenters. The fraction of sp³-hybridized carbons (Fsp3) is 0.280. The lowest BCUT2D eigenvalue weighted by atomic mass is 9.88. The fourth-order valence-corrected chi connectivity index (χ4v) is 4.36. The molecule has 1 aliphatic rings. The summed E-state index contributed by atoms with van der Waals surface area (Å²) >= 11 is 0. The molecule has 0 aromatic heterocycles. The van der Waals surface area contributed by atoms with Crippen LogP contribution in [-0.2, 0) is 25.7 Å². The van der Waals surface area contributed by atoms with E-state index in [1.54, 1.807) is 5.56 Å². The molecule has 0 radical (unpaired) electrons. The molecular formula is C25H26. The monoisotopic (exact) mass is 326 g/mol. The molecule has 0 saturated heterocycles. The van der Waals surface area contributed by atoms with E-state index >= 15 is 0 Å². The number of hydrogen-bond donors (Lipinski definition) is 0. The molecule has 0 heterocycles. The lowest BCUT2D eigenvalue weighted by molar-refractivity contribution is 0.907. The first-order valence-corrected chi connectivity index (χ1v) is 9.40. The van der Waals surface area contributed by atoms with E-state index in [0.29, 0.717) is 0 Å². The molecule has 4 rings (SSSR count). The summed E-state index contributed by atoms with van der Waals surface area (Å²) in [5.41, 5.74) is 13.3.